The lowest BCUT2D eigenvalue weighted by Gasteiger charge is -2.30. The molecular formula is C13H21N3O2S. The number of anilines is 1. The lowest BCUT2D eigenvalue weighted by Crippen LogP contribution is -2.42. The zero-order chi connectivity index (χ0) is 14.1. The molecule has 0 amide bonds. The van der Waals surface area contributed by atoms with Crippen LogP contribution in [0.3, 0.4) is 0 Å². The van der Waals surface area contributed by atoms with Crippen LogP contribution in [0, 0.1) is 0 Å². The van der Waals surface area contributed by atoms with Gasteiger partial charge < -0.3 is 5.32 Å². The van der Waals surface area contributed by atoms with Crippen molar-refractivity contribution in [1.29, 1.82) is 0 Å². The molecule has 0 atom stereocenters. The lowest BCUT2D eigenvalue weighted by atomic mass is 10.0. The highest BCUT2D eigenvalue weighted by atomic mass is 32.2. The number of hydrogen-bond donors (Lipinski definition) is 1. The molecule has 6 heteroatoms. The van der Waals surface area contributed by atoms with Crippen LogP contribution >= 0.6 is 0 Å². The maximum absolute atomic E-state index is 12.6. The van der Waals surface area contributed by atoms with E-state index in [1.54, 1.807) is 16.4 Å². The van der Waals surface area contributed by atoms with Crippen LogP contribution in [-0.4, -0.2) is 36.3 Å². The summed E-state index contributed by atoms with van der Waals surface area (Å²) in [5.41, 5.74) is -0.306. The van der Waals surface area contributed by atoms with Gasteiger partial charge in [0.2, 0.25) is 10.0 Å². The maximum atomic E-state index is 12.6. The monoisotopic (exact) mass is 283 g/mol. The van der Waals surface area contributed by atoms with Crippen LogP contribution in [0.5, 0.6) is 0 Å². The topological polar surface area (TPSA) is 62.3 Å². The SMILES string of the molecule is CCNc1ccc(S(=O)(=O)N2CCCC2(C)C)cn1. The molecule has 0 saturated carbocycles. The van der Waals surface area contributed by atoms with Crippen molar-refractivity contribution in [3.8, 4) is 0 Å². The molecule has 1 aromatic rings. The molecule has 1 fully saturated rings. The fraction of sp³-hybridized carbons (Fsp3) is 0.615. The second-order valence-electron chi connectivity index (χ2n) is 5.40. The van der Waals surface area contributed by atoms with Crippen LogP contribution in [0.1, 0.15) is 33.6 Å². The van der Waals surface area contributed by atoms with Gasteiger partial charge in [0.1, 0.15) is 10.7 Å². The minimum absolute atomic E-state index is 0.268. The second-order valence-corrected chi connectivity index (χ2v) is 7.26. The Kier molecular flexibility index (Phi) is 3.82. The number of hydrogen-bond acceptors (Lipinski definition) is 4. The third-order valence-electron chi connectivity index (χ3n) is 3.51. The number of pyridine rings is 1. The highest BCUT2D eigenvalue weighted by Crippen LogP contribution is 2.33. The third-order valence-corrected chi connectivity index (χ3v) is 5.60. The molecule has 1 aliphatic heterocycles. The molecular weight excluding hydrogens is 262 g/mol. The van der Waals surface area contributed by atoms with Gasteiger partial charge in [-0.05, 0) is 45.7 Å². The molecule has 0 unspecified atom stereocenters. The largest absolute Gasteiger partial charge is 0.370 e. The van der Waals surface area contributed by atoms with Gasteiger partial charge in [-0.2, -0.15) is 4.31 Å². The van der Waals surface area contributed by atoms with Crippen molar-refractivity contribution in [2.45, 2.75) is 44.0 Å². The van der Waals surface area contributed by atoms with E-state index in [1.807, 2.05) is 20.8 Å². The summed E-state index contributed by atoms with van der Waals surface area (Å²) in [5.74, 6) is 0.696. The van der Waals surface area contributed by atoms with Crippen LogP contribution in [0.15, 0.2) is 23.2 Å². The third kappa shape index (κ3) is 2.74. The van der Waals surface area contributed by atoms with E-state index < -0.39 is 10.0 Å². The van der Waals surface area contributed by atoms with Crippen molar-refractivity contribution >= 4 is 15.8 Å². The van der Waals surface area contributed by atoms with Gasteiger partial charge in [-0.3, -0.25) is 0 Å². The maximum Gasteiger partial charge on any atom is 0.245 e. The van der Waals surface area contributed by atoms with Gasteiger partial charge in [-0.25, -0.2) is 13.4 Å². The van der Waals surface area contributed by atoms with Crippen molar-refractivity contribution in [2.75, 3.05) is 18.4 Å². The Hall–Kier alpha value is -1.14. The van der Waals surface area contributed by atoms with E-state index in [9.17, 15) is 8.42 Å². The van der Waals surface area contributed by atoms with E-state index in [1.165, 1.54) is 6.20 Å². The minimum Gasteiger partial charge on any atom is -0.370 e. The predicted molar refractivity (Wildman–Crippen MR) is 75.6 cm³/mol. The Morgan fingerprint density at radius 2 is 2.16 bits per heavy atom. The average molecular weight is 283 g/mol. The molecule has 0 radical (unpaired) electrons. The lowest BCUT2D eigenvalue weighted by molar-refractivity contribution is 0.291. The van der Waals surface area contributed by atoms with E-state index in [0.717, 1.165) is 19.4 Å². The van der Waals surface area contributed by atoms with Gasteiger partial charge in [0.15, 0.2) is 0 Å². The first-order chi connectivity index (χ1) is 8.88. The van der Waals surface area contributed by atoms with Crippen molar-refractivity contribution in [1.82, 2.24) is 9.29 Å². The van der Waals surface area contributed by atoms with E-state index in [-0.39, 0.29) is 10.4 Å². The van der Waals surface area contributed by atoms with Crippen LogP contribution in [0.2, 0.25) is 0 Å². The molecule has 106 valence electrons. The quantitative estimate of drug-likeness (QED) is 0.919. The zero-order valence-corrected chi connectivity index (χ0v) is 12.5. The van der Waals surface area contributed by atoms with Gasteiger partial charge >= 0.3 is 0 Å². The number of aromatic nitrogens is 1. The van der Waals surface area contributed by atoms with Gasteiger partial charge in [-0.15, -0.1) is 0 Å². The van der Waals surface area contributed by atoms with Crippen molar-refractivity contribution in [3.63, 3.8) is 0 Å². The Morgan fingerprint density at radius 1 is 1.42 bits per heavy atom. The molecule has 1 aliphatic rings. The van der Waals surface area contributed by atoms with E-state index in [4.69, 9.17) is 0 Å². The molecule has 2 heterocycles. The molecule has 0 bridgehead atoms. The second kappa shape index (κ2) is 5.09. The van der Waals surface area contributed by atoms with Gasteiger partial charge in [0, 0.05) is 24.8 Å². The van der Waals surface area contributed by atoms with Crippen LogP contribution in [-0.2, 0) is 10.0 Å². The molecule has 1 N–H and O–H groups in total. The molecule has 0 aromatic carbocycles. The fourth-order valence-corrected chi connectivity index (χ4v) is 4.27. The molecule has 1 saturated heterocycles. The molecule has 1 aromatic heterocycles. The van der Waals surface area contributed by atoms with Crippen LogP contribution in [0.4, 0.5) is 5.82 Å². The molecule has 5 nitrogen and oxygen atoms in total. The summed E-state index contributed by atoms with van der Waals surface area (Å²) in [7, 11) is -3.43. The van der Waals surface area contributed by atoms with Gasteiger partial charge in [0.25, 0.3) is 0 Å². The zero-order valence-electron chi connectivity index (χ0n) is 11.7. The first kappa shape index (κ1) is 14.3. The summed E-state index contributed by atoms with van der Waals surface area (Å²) in [6, 6.07) is 3.33. The summed E-state index contributed by atoms with van der Waals surface area (Å²) in [5, 5.41) is 3.05. The van der Waals surface area contributed by atoms with E-state index in [2.05, 4.69) is 10.3 Å². The Bertz CT molecular complexity index is 538. The van der Waals surface area contributed by atoms with Gasteiger partial charge in [-0.1, -0.05) is 0 Å². The summed E-state index contributed by atoms with van der Waals surface area (Å²) in [6.45, 7) is 7.26. The van der Waals surface area contributed by atoms with Crippen LogP contribution < -0.4 is 5.32 Å². The summed E-state index contributed by atoms with van der Waals surface area (Å²) < 4.78 is 26.8. The van der Waals surface area contributed by atoms with Crippen molar-refractivity contribution < 1.29 is 8.42 Å². The summed E-state index contributed by atoms with van der Waals surface area (Å²) in [4.78, 5) is 4.40. The predicted octanol–water partition coefficient (Wildman–Crippen LogP) is 2.08. The highest BCUT2D eigenvalue weighted by Gasteiger charge is 2.40. The number of rotatable bonds is 4. The average Bonchev–Trinajstić information content (AvgIpc) is 2.71. The number of nitrogens with one attached hydrogen (secondary N) is 1. The minimum atomic E-state index is -3.43. The number of nitrogens with zero attached hydrogens (tertiary/aromatic N) is 2. The Balaban J connectivity index is 2.29. The number of sulfonamides is 1. The van der Waals surface area contributed by atoms with E-state index in [0.29, 0.717) is 12.4 Å². The molecule has 19 heavy (non-hydrogen) atoms. The van der Waals surface area contributed by atoms with Crippen molar-refractivity contribution in [2.24, 2.45) is 0 Å². The van der Waals surface area contributed by atoms with Gasteiger partial charge in [0.05, 0.1) is 0 Å². The standard InChI is InChI=1S/C13H21N3O2S/c1-4-14-12-7-6-11(10-15-12)19(17,18)16-9-5-8-13(16,2)3/h6-7,10H,4-5,8-9H2,1-3H3,(H,14,15). The summed E-state index contributed by atoms with van der Waals surface area (Å²) in [6.07, 6.45) is 3.24. The smallest absolute Gasteiger partial charge is 0.245 e. The molecule has 0 spiro atoms. The molecule has 2 rings (SSSR count). The fourth-order valence-electron chi connectivity index (χ4n) is 2.47. The van der Waals surface area contributed by atoms with E-state index >= 15 is 0 Å². The normalized spacial score (nSPS) is 19.5. The first-order valence-electron chi connectivity index (χ1n) is 6.61. The Morgan fingerprint density at radius 3 is 2.63 bits per heavy atom. The summed E-state index contributed by atoms with van der Waals surface area (Å²) >= 11 is 0. The highest BCUT2D eigenvalue weighted by molar-refractivity contribution is 7.89. The Labute approximate surface area is 115 Å². The van der Waals surface area contributed by atoms with Crippen molar-refractivity contribution in [3.05, 3.63) is 18.3 Å². The first-order valence-corrected chi connectivity index (χ1v) is 8.05. The molecule has 0 aliphatic carbocycles. The van der Waals surface area contributed by atoms with Crippen LogP contribution in [0.25, 0.3) is 0 Å².